The van der Waals surface area contributed by atoms with Crippen molar-refractivity contribution in [3.05, 3.63) is 148 Å². The lowest BCUT2D eigenvalue weighted by Gasteiger charge is -2.37. The minimum atomic E-state index is -0.126. The quantitative estimate of drug-likeness (QED) is 0.156. The summed E-state index contributed by atoms with van der Waals surface area (Å²) in [6, 6.07) is 17.7. The van der Waals surface area contributed by atoms with Crippen LogP contribution in [0.15, 0.2) is 125 Å². The maximum absolute atomic E-state index is 6.78. The van der Waals surface area contributed by atoms with Gasteiger partial charge < -0.3 is 0 Å². The molecule has 0 radical (unpaired) electrons. The Bertz CT molecular complexity index is 2340. The first-order chi connectivity index (χ1) is 24.0. The summed E-state index contributed by atoms with van der Waals surface area (Å²) in [6.45, 7) is 17.7. The molecule has 8 rings (SSSR count). The fraction of sp³-hybridized carbons (Fsp3) is 0.277. The van der Waals surface area contributed by atoms with E-state index in [2.05, 4.69) is 133 Å². The van der Waals surface area contributed by atoms with E-state index in [0.717, 1.165) is 52.5 Å². The standard InChI is InChI=1S/C47H45ClN2/c1-8-9-10-14-28(2)31-19-21-32(22-20-31)43-42-41-29(3)15-13-18-35(41)34-16-11-12-17-36(34)44(42)50-45(49-43)33-23-24-47(7)38-25-30(4)39(48)27-37(38)46(5,6)40(47)26-33/h8-14,16-23,26-27,29-30H,1,15,24-25H2,2-7H3/b10-9-,28-14+. The molecular weight excluding hydrogens is 628 g/mol. The summed E-state index contributed by atoms with van der Waals surface area (Å²) in [5.41, 5.74) is 13.5. The van der Waals surface area contributed by atoms with Crippen LogP contribution in [-0.2, 0) is 0 Å². The number of nitrogens with zero attached hydrogens (tertiary/aromatic N) is 2. The number of benzene rings is 3. The Morgan fingerprint density at radius 2 is 1.70 bits per heavy atom. The summed E-state index contributed by atoms with van der Waals surface area (Å²) in [4.78, 5) is 11.1. The number of allylic oxidation sites excluding steroid dienone is 14. The molecular formula is C47H45ClN2. The van der Waals surface area contributed by atoms with Gasteiger partial charge in [-0.25, -0.2) is 9.97 Å². The van der Waals surface area contributed by atoms with Crippen molar-refractivity contribution in [2.75, 3.05) is 0 Å². The van der Waals surface area contributed by atoms with Gasteiger partial charge in [-0.3, -0.25) is 0 Å². The van der Waals surface area contributed by atoms with Crippen molar-refractivity contribution in [2.45, 2.75) is 66.7 Å². The number of aromatic nitrogens is 2. The van der Waals surface area contributed by atoms with Gasteiger partial charge in [0.2, 0.25) is 0 Å². The molecule has 2 nitrogen and oxygen atoms in total. The summed E-state index contributed by atoms with van der Waals surface area (Å²) < 4.78 is 0. The Kier molecular flexibility index (Phi) is 7.88. The first-order valence-electron chi connectivity index (χ1n) is 18.1. The van der Waals surface area contributed by atoms with Gasteiger partial charge in [-0.15, -0.1) is 0 Å². The van der Waals surface area contributed by atoms with Crippen LogP contribution in [0.1, 0.15) is 89.2 Å². The third-order valence-corrected chi connectivity index (χ3v) is 12.4. The van der Waals surface area contributed by atoms with Gasteiger partial charge in [-0.05, 0) is 82.9 Å². The number of halogens is 1. The predicted molar refractivity (Wildman–Crippen MR) is 215 cm³/mol. The van der Waals surface area contributed by atoms with Crippen molar-refractivity contribution >= 4 is 50.5 Å². The fourth-order valence-corrected chi connectivity index (χ4v) is 9.32. The highest BCUT2D eigenvalue weighted by atomic mass is 35.5. The Labute approximate surface area is 302 Å². The van der Waals surface area contributed by atoms with Gasteiger partial charge in [-0.1, -0.05) is 156 Å². The molecule has 0 bridgehead atoms. The highest BCUT2D eigenvalue weighted by Gasteiger charge is 2.52. The third-order valence-electron chi connectivity index (χ3n) is 11.9. The maximum Gasteiger partial charge on any atom is 0.160 e. The average molecular weight is 673 g/mol. The largest absolute Gasteiger partial charge is 0.227 e. The van der Waals surface area contributed by atoms with E-state index >= 15 is 0 Å². The lowest BCUT2D eigenvalue weighted by atomic mass is 9.67. The van der Waals surface area contributed by atoms with Gasteiger partial charge in [0.15, 0.2) is 5.82 Å². The zero-order chi connectivity index (χ0) is 34.9. The van der Waals surface area contributed by atoms with Gasteiger partial charge >= 0.3 is 0 Å². The summed E-state index contributed by atoms with van der Waals surface area (Å²) in [7, 11) is 0. The molecule has 0 spiro atoms. The molecule has 50 heavy (non-hydrogen) atoms. The molecule has 0 N–H and O–H groups in total. The molecule has 250 valence electrons. The summed E-state index contributed by atoms with van der Waals surface area (Å²) >= 11 is 6.78. The molecule has 3 heteroatoms. The van der Waals surface area contributed by atoms with E-state index in [1.54, 1.807) is 11.6 Å². The van der Waals surface area contributed by atoms with Crippen LogP contribution in [-0.4, -0.2) is 9.97 Å². The first-order valence-corrected chi connectivity index (χ1v) is 18.4. The zero-order valence-electron chi connectivity index (χ0n) is 30.1. The van der Waals surface area contributed by atoms with E-state index < -0.39 is 0 Å². The third kappa shape index (κ3) is 4.98. The van der Waals surface area contributed by atoms with E-state index in [4.69, 9.17) is 21.6 Å². The van der Waals surface area contributed by atoms with Gasteiger partial charge in [0.05, 0.1) is 11.2 Å². The number of fused-ring (bicyclic) bond motifs is 8. The van der Waals surface area contributed by atoms with Gasteiger partial charge in [0.25, 0.3) is 0 Å². The Balaban J connectivity index is 1.35. The molecule has 3 atom stereocenters. The van der Waals surface area contributed by atoms with E-state index in [0.29, 0.717) is 11.8 Å². The molecule has 3 aromatic carbocycles. The molecule has 0 aliphatic heterocycles. The van der Waals surface area contributed by atoms with Crippen LogP contribution in [0.3, 0.4) is 0 Å². The highest BCUT2D eigenvalue weighted by molar-refractivity contribution is 6.30. The molecule has 4 aliphatic rings. The van der Waals surface area contributed by atoms with Crippen molar-refractivity contribution in [2.24, 2.45) is 16.7 Å². The smallest absolute Gasteiger partial charge is 0.160 e. The monoisotopic (exact) mass is 672 g/mol. The topological polar surface area (TPSA) is 25.8 Å². The predicted octanol–water partition coefficient (Wildman–Crippen LogP) is 13.3. The SMILES string of the molecule is C=C/C=C\C=C(/C)c1ccc(-c2nc(C3=CCC4(C)C(=C3)C(C)(C)C3=C4CC(C)C(Cl)=C3)nc3c2c2c(c4ccccc43)C=CCC2C)cc1. The molecule has 4 aromatic rings. The molecule has 3 unspecified atom stereocenters. The average Bonchev–Trinajstić information content (AvgIpc) is 3.28. The van der Waals surface area contributed by atoms with Crippen molar-refractivity contribution in [1.82, 2.24) is 9.97 Å². The van der Waals surface area contributed by atoms with E-state index in [1.165, 1.54) is 49.6 Å². The van der Waals surface area contributed by atoms with Crippen LogP contribution in [0.5, 0.6) is 0 Å². The van der Waals surface area contributed by atoms with Crippen LogP contribution >= 0.6 is 11.6 Å². The molecule has 0 saturated heterocycles. The molecule has 1 heterocycles. The molecule has 0 amide bonds. The van der Waals surface area contributed by atoms with Crippen LogP contribution in [0.25, 0.3) is 50.2 Å². The highest BCUT2D eigenvalue weighted by Crippen LogP contribution is 2.64. The number of hydrogen-bond acceptors (Lipinski definition) is 2. The second kappa shape index (κ2) is 12.1. The van der Waals surface area contributed by atoms with Gasteiger partial charge in [0, 0.05) is 37.8 Å². The number of rotatable bonds is 5. The molecule has 1 aromatic heterocycles. The molecule has 0 saturated carbocycles. The van der Waals surface area contributed by atoms with Gasteiger partial charge in [-0.2, -0.15) is 0 Å². The molecule has 4 aliphatic carbocycles. The first kappa shape index (κ1) is 32.7. The summed E-state index contributed by atoms with van der Waals surface area (Å²) in [6.07, 6.45) is 22.6. The molecule has 0 fully saturated rings. The lowest BCUT2D eigenvalue weighted by Crippen LogP contribution is -2.26. The lowest BCUT2D eigenvalue weighted by molar-refractivity contribution is 0.414. The summed E-state index contributed by atoms with van der Waals surface area (Å²) in [5, 5.41) is 4.58. The Hall–Kier alpha value is -4.53. The second-order valence-corrected chi connectivity index (χ2v) is 15.9. The minimum Gasteiger partial charge on any atom is -0.227 e. The zero-order valence-corrected chi connectivity index (χ0v) is 30.8. The van der Waals surface area contributed by atoms with E-state index in [1.807, 2.05) is 12.2 Å². The van der Waals surface area contributed by atoms with Crippen molar-refractivity contribution in [3.63, 3.8) is 0 Å². The maximum atomic E-state index is 6.78. The van der Waals surface area contributed by atoms with Crippen molar-refractivity contribution < 1.29 is 0 Å². The van der Waals surface area contributed by atoms with E-state index in [-0.39, 0.29) is 10.8 Å². The van der Waals surface area contributed by atoms with Crippen LogP contribution in [0, 0.1) is 16.7 Å². The Morgan fingerprint density at radius 3 is 2.46 bits per heavy atom. The Morgan fingerprint density at radius 1 is 0.940 bits per heavy atom. The minimum absolute atomic E-state index is 0.0278. The van der Waals surface area contributed by atoms with Crippen molar-refractivity contribution in [3.8, 4) is 11.3 Å². The summed E-state index contributed by atoms with van der Waals surface area (Å²) in [5.74, 6) is 1.50. The van der Waals surface area contributed by atoms with E-state index in [9.17, 15) is 0 Å². The number of hydrogen-bond donors (Lipinski definition) is 0. The fourth-order valence-electron chi connectivity index (χ4n) is 9.13. The normalized spacial score (nSPS) is 24.2. The van der Waals surface area contributed by atoms with Crippen molar-refractivity contribution in [1.29, 1.82) is 0 Å². The van der Waals surface area contributed by atoms with Crippen LogP contribution in [0.4, 0.5) is 0 Å². The second-order valence-electron chi connectivity index (χ2n) is 15.5. The van der Waals surface area contributed by atoms with Crippen LogP contribution < -0.4 is 0 Å². The van der Waals surface area contributed by atoms with Crippen LogP contribution in [0.2, 0.25) is 0 Å². The van der Waals surface area contributed by atoms with Gasteiger partial charge in [0.1, 0.15) is 0 Å².